The number of hydrogen-bond donors (Lipinski definition) is 0. The van der Waals surface area contributed by atoms with Gasteiger partial charge in [0.1, 0.15) is 11.6 Å². The molecule has 0 amide bonds. The lowest BCUT2D eigenvalue weighted by atomic mass is 9.66. The van der Waals surface area contributed by atoms with Gasteiger partial charge >= 0.3 is 0 Å². The van der Waals surface area contributed by atoms with E-state index in [9.17, 15) is 9.59 Å². The molecule has 5 rings (SSSR count). The largest absolute Gasteiger partial charge is 0.341 e. The molecule has 192 valence electrons. The highest BCUT2D eigenvalue weighted by Gasteiger charge is 2.38. The van der Waals surface area contributed by atoms with Crippen LogP contribution in [0, 0.1) is 23.7 Å². The predicted octanol–water partition coefficient (Wildman–Crippen LogP) is 7.67. The maximum atomic E-state index is 12.9. The van der Waals surface area contributed by atoms with E-state index in [1.54, 1.807) is 0 Å². The molecule has 3 saturated carbocycles. The van der Waals surface area contributed by atoms with E-state index in [0.29, 0.717) is 36.9 Å². The summed E-state index contributed by atoms with van der Waals surface area (Å²) in [6.07, 6.45) is 18.4. The quantitative estimate of drug-likeness (QED) is 0.341. The number of ketones is 2. The number of hydrogen-bond acceptors (Lipinski definition) is 3. The van der Waals surface area contributed by atoms with E-state index in [2.05, 4.69) is 54.8 Å². The van der Waals surface area contributed by atoms with Gasteiger partial charge in [-0.2, -0.15) is 0 Å². The SMILES string of the molecule is C=C1C=C(C2CCC2CC(=O)[C@H]2CCC(=O)C2)C=C(c2cccc(CCC)c2)N1CCC1CCCC1. The maximum Gasteiger partial charge on any atom is 0.136 e. The zero-order valence-electron chi connectivity index (χ0n) is 22.1. The molecule has 0 radical (unpaired) electrons. The average molecular weight is 486 g/mol. The van der Waals surface area contributed by atoms with Gasteiger partial charge < -0.3 is 4.90 Å². The molecule has 4 aliphatic rings. The summed E-state index contributed by atoms with van der Waals surface area (Å²) in [5, 5.41) is 0. The molecule has 36 heavy (non-hydrogen) atoms. The lowest BCUT2D eigenvalue weighted by molar-refractivity contribution is -0.126. The molecule has 0 spiro atoms. The van der Waals surface area contributed by atoms with Crippen LogP contribution < -0.4 is 0 Å². The molecule has 1 aromatic carbocycles. The van der Waals surface area contributed by atoms with Crippen LogP contribution in [0.5, 0.6) is 0 Å². The summed E-state index contributed by atoms with van der Waals surface area (Å²) in [4.78, 5) is 27.1. The fourth-order valence-corrected chi connectivity index (χ4v) is 6.97. The van der Waals surface area contributed by atoms with Crippen molar-refractivity contribution in [1.29, 1.82) is 0 Å². The van der Waals surface area contributed by atoms with Crippen molar-refractivity contribution in [3.05, 3.63) is 65.4 Å². The Kier molecular flexibility index (Phi) is 7.93. The molecule has 0 saturated heterocycles. The minimum absolute atomic E-state index is 0.0208. The number of aryl methyl sites for hydroxylation is 1. The summed E-state index contributed by atoms with van der Waals surface area (Å²) in [5.74, 6) is 2.24. The van der Waals surface area contributed by atoms with E-state index < -0.39 is 0 Å². The van der Waals surface area contributed by atoms with Crippen LogP contribution in [-0.2, 0) is 16.0 Å². The second kappa shape index (κ2) is 11.3. The zero-order chi connectivity index (χ0) is 25.1. The van der Waals surface area contributed by atoms with Gasteiger partial charge in [0.2, 0.25) is 0 Å². The molecule has 3 atom stereocenters. The van der Waals surface area contributed by atoms with Crippen molar-refractivity contribution < 1.29 is 9.59 Å². The van der Waals surface area contributed by atoms with Gasteiger partial charge in [-0.15, -0.1) is 0 Å². The van der Waals surface area contributed by atoms with Crippen LogP contribution in [0.15, 0.2) is 54.3 Å². The fraction of sp³-hybridized carbons (Fsp3) is 0.576. The Hall–Kier alpha value is -2.42. The van der Waals surface area contributed by atoms with Gasteiger partial charge in [-0.1, -0.05) is 63.8 Å². The molecular formula is C33H43NO2. The first kappa shape index (κ1) is 25.2. The Labute approximate surface area is 217 Å². The van der Waals surface area contributed by atoms with Crippen LogP contribution in [0.2, 0.25) is 0 Å². The van der Waals surface area contributed by atoms with Gasteiger partial charge in [-0.25, -0.2) is 0 Å². The van der Waals surface area contributed by atoms with E-state index in [0.717, 1.165) is 50.3 Å². The Morgan fingerprint density at radius 3 is 2.61 bits per heavy atom. The zero-order valence-corrected chi connectivity index (χ0v) is 22.1. The number of Topliss-reactive ketones (excluding diaryl/α,β-unsaturated/α-hetero) is 2. The van der Waals surface area contributed by atoms with E-state index in [1.807, 2.05) is 0 Å². The Morgan fingerprint density at radius 2 is 1.92 bits per heavy atom. The molecule has 3 nitrogen and oxygen atoms in total. The Bertz CT molecular complexity index is 1060. The molecule has 1 aromatic rings. The molecule has 1 heterocycles. The highest BCUT2D eigenvalue weighted by atomic mass is 16.1. The van der Waals surface area contributed by atoms with Crippen molar-refractivity contribution >= 4 is 17.3 Å². The minimum atomic E-state index is -0.0208. The van der Waals surface area contributed by atoms with Crippen molar-refractivity contribution in [2.75, 3.05) is 6.54 Å². The standard InChI is InChI=1S/C33H43NO2/c1-3-7-25-10-6-11-27(19-25)32-21-29(18-23(2)34(32)17-16-24-8-4-5-9-24)31-15-13-26(31)22-33(36)28-12-14-30(35)20-28/h6,10-11,18-19,21,24,26,28,31H,2-5,7-9,12-17,20,22H2,1H3/t26?,28-,31?/m0/s1. The summed E-state index contributed by atoms with van der Waals surface area (Å²) in [6.45, 7) is 7.79. The molecule has 0 N–H and O–H groups in total. The number of allylic oxidation sites excluding steroid dienone is 3. The molecule has 1 aliphatic heterocycles. The number of carbonyl (C=O) groups excluding carboxylic acids is 2. The van der Waals surface area contributed by atoms with E-state index in [1.165, 1.54) is 54.5 Å². The molecule has 0 bridgehead atoms. The van der Waals surface area contributed by atoms with Gasteiger partial charge in [0.15, 0.2) is 0 Å². The topological polar surface area (TPSA) is 37.4 Å². The van der Waals surface area contributed by atoms with E-state index >= 15 is 0 Å². The molecule has 3 aliphatic carbocycles. The maximum absolute atomic E-state index is 12.9. The third-order valence-corrected chi connectivity index (χ3v) is 9.28. The van der Waals surface area contributed by atoms with Crippen LogP contribution in [0.4, 0.5) is 0 Å². The summed E-state index contributed by atoms with van der Waals surface area (Å²) in [6, 6.07) is 9.06. The van der Waals surface area contributed by atoms with E-state index in [-0.39, 0.29) is 11.7 Å². The van der Waals surface area contributed by atoms with Crippen molar-refractivity contribution in [2.24, 2.45) is 23.7 Å². The summed E-state index contributed by atoms with van der Waals surface area (Å²) in [5.41, 5.74) is 6.41. The first-order valence-corrected chi connectivity index (χ1v) is 14.5. The second-order valence-electron chi connectivity index (χ2n) is 11.8. The van der Waals surface area contributed by atoms with Gasteiger partial charge in [0, 0.05) is 43.1 Å². The summed E-state index contributed by atoms with van der Waals surface area (Å²) < 4.78 is 0. The number of rotatable bonds is 10. The molecular weight excluding hydrogens is 442 g/mol. The fourth-order valence-electron chi connectivity index (χ4n) is 6.97. The van der Waals surface area contributed by atoms with Gasteiger partial charge in [-0.05, 0) is 84.8 Å². The average Bonchev–Trinajstić information content (AvgIpc) is 3.53. The number of nitrogens with zero attached hydrogens (tertiary/aromatic N) is 1. The van der Waals surface area contributed by atoms with Crippen molar-refractivity contribution in [2.45, 2.75) is 90.4 Å². The molecule has 2 unspecified atom stereocenters. The first-order chi connectivity index (χ1) is 17.5. The van der Waals surface area contributed by atoms with E-state index in [4.69, 9.17) is 0 Å². The number of benzene rings is 1. The molecule has 0 aromatic heterocycles. The highest BCUT2D eigenvalue weighted by molar-refractivity contribution is 5.91. The molecule has 3 fully saturated rings. The highest BCUT2D eigenvalue weighted by Crippen LogP contribution is 2.46. The first-order valence-electron chi connectivity index (χ1n) is 14.5. The summed E-state index contributed by atoms with van der Waals surface area (Å²) >= 11 is 0. The smallest absolute Gasteiger partial charge is 0.136 e. The summed E-state index contributed by atoms with van der Waals surface area (Å²) in [7, 11) is 0. The van der Waals surface area contributed by atoms with Crippen LogP contribution in [-0.4, -0.2) is 23.0 Å². The van der Waals surface area contributed by atoms with Crippen molar-refractivity contribution in [3.63, 3.8) is 0 Å². The second-order valence-corrected chi connectivity index (χ2v) is 11.8. The van der Waals surface area contributed by atoms with Crippen LogP contribution in [0.25, 0.3) is 5.70 Å². The Morgan fingerprint density at radius 1 is 1.08 bits per heavy atom. The number of carbonyl (C=O) groups is 2. The van der Waals surface area contributed by atoms with Crippen LogP contribution in [0.1, 0.15) is 95.1 Å². The van der Waals surface area contributed by atoms with Gasteiger partial charge in [0.05, 0.1) is 0 Å². The minimum Gasteiger partial charge on any atom is -0.341 e. The van der Waals surface area contributed by atoms with Crippen molar-refractivity contribution in [1.82, 2.24) is 4.90 Å². The lowest BCUT2D eigenvalue weighted by Crippen LogP contribution is -2.33. The normalized spacial score (nSPS) is 26.7. The van der Waals surface area contributed by atoms with Crippen molar-refractivity contribution in [3.8, 4) is 0 Å². The van der Waals surface area contributed by atoms with Crippen LogP contribution >= 0.6 is 0 Å². The monoisotopic (exact) mass is 485 g/mol. The lowest BCUT2D eigenvalue weighted by Gasteiger charge is -2.41. The molecule has 3 heteroatoms. The predicted molar refractivity (Wildman–Crippen MR) is 147 cm³/mol. The third kappa shape index (κ3) is 5.61. The Balaban J connectivity index is 1.35. The van der Waals surface area contributed by atoms with Crippen LogP contribution in [0.3, 0.4) is 0 Å². The van der Waals surface area contributed by atoms with Gasteiger partial charge in [0.25, 0.3) is 0 Å². The third-order valence-electron chi connectivity index (χ3n) is 9.28. The van der Waals surface area contributed by atoms with Gasteiger partial charge in [-0.3, -0.25) is 9.59 Å².